The average molecular weight is 506 g/mol. The van der Waals surface area contributed by atoms with Crippen LogP contribution in [0.3, 0.4) is 0 Å². The fourth-order valence-electron chi connectivity index (χ4n) is 4.23. The first kappa shape index (κ1) is 22.9. The van der Waals surface area contributed by atoms with Crippen molar-refractivity contribution in [2.45, 2.75) is 0 Å². The largest absolute Gasteiger partial charge is 0.452 e. The van der Waals surface area contributed by atoms with E-state index in [-0.39, 0.29) is 50.8 Å². The molecule has 2 heterocycles. The summed E-state index contributed by atoms with van der Waals surface area (Å²) in [6, 6.07) is 21.8. The number of fused-ring (bicyclic) bond motifs is 2. The Labute approximate surface area is 214 Å². The van der Waals surface area contributed by atoms with Crippen molar-refractivity contribution in [1.82, 2.24) is 0 Å². The van der Waals surface area contributed by atoms with Crippen LogP contribution in [-0.2, 0) is 9.47 Å². The van der Waals surface area contributed by atoms with E-state index in [0.29, 0.717) is 5.56 Å². The Balaban J connectivity index is 1.50. The molecule has 0 radical (unpaired) electrons. The molecule has 0 aliphatic carbocycles. The van der Waals surface area contributed by atoms with Crippen LogP contribution in [0.15, 0.2) is 84.9 Å². The minimum atomic E-state index is -0.892. The van der Waals surface area contributed by atoms with Gasteiger partial charge in [-0.2, -0.15) is 0 Å². The van der Waals surface area contributed by atoms with Gasteiger partial charge < -0.3 is 18.9 Å². The van der Waals surface area contributed by atoms with Crippen LogP contribution in [0.2, 0.25) is 0 Å². The second-order valence-corrected chi connectivity index (χ2v) is 8.24. The molecule has 4 aromatic carbocycles. The molecule has 0 atom stereocenters. The van der Waals surface area contributed by atoms with E-state index in [4.69, 9.17) is 18.9 Å². The lowest BCUT2D eigenvalue weighted by atomic mass is 10.0. The summed E-state index contributed by atoms with van der Waals surface area (Å²) in [6.07, 6.45) is 0. The summed E-state index contributed by atoms with van der Waals surface area (Å²) in [7, 11) is 0. The van der Waals surface area contributed by atoms with Gasteiger partial charge in [0, 0.05) is 5.56 Å². The Morgan fingerprint density at radius 1 is 0.526 bits per heavy atom. The first-order valence-corrected chi connectivity index (χ1v) is 11.3. The molecule has 38 heavy (non-hydrogen) atoms. The Kier molecular flexibility index (Phi) is 5.31. The monoisotopic (exact) mass is 506 g/mol. The molecule has 0 bridgehead atoms. The molecular formula is C29H14O9. The van der Waals surface area contributed by atoms with Crippen LogP contribution in [0.25, 0.3) is 0 Å². The smallest absolute Gasteiger partial charge is 0.350 e. The van der Waals surface area contributed by atoms with Gasteiger partial charge in [-0.05, 0) is 36.4 Å². The number of esters is 4. The number of para-hydroxylation sites is 1. The highest BCUT2D eigenvalue weighted by Crippen LogP contribution is 2.42. The lowest BCUT2D eigenvalue weighted by Crippen LogP contribution is -2.07. The lowest BCUT2D eigenvalue weighted by Gasteiger charge is -2.17. The summed E-state index contributed by atoms with van der Waals surface area (Å²) in [4.78, 5) is 62.3. The molecule has 0 saturated heterocycles. The molecule has 4 aromatic rings. The fourth-order valence-corrected chi connectivity index (χ4v) is 4.23. The third-order valence-corrected chi connectivity index (χ3v) is 5.96. The van der Waals surface area contributed by atoms with Crippen LogP contribution in [0.1, 0.15) is 57.4 Å². The summed E-state index contributed by atoms with van der Waals surface area (Å²) in [5.41, 5.74) is 0.322. The Morgan fingerprint density at radius 3 is 1.66 bits per heavy atom. The quantitative estimate of drug-likeness (QED) is 0.199. The molecule has 2 aliphatic rings. The van der Waals surface area contributed by atoms with Crippen molar-refractivity contribution in [2.24, 2.45) is 0 Å². The van der Waals surface area contributed by atoms with Gasteiger partial charge >= 0.3 is 23.9 Å². The molecule has 0 spiro atoms. The Morgan fingerprint density at radius 2 is 1.05 bits per heavy atom. The SMILES string of the molecule is O=C(c1ccccc1)c1cccc(Oc2cccc3c2C(=O)OC3=O)c1Oc1cccc2c1C(=O)OC2=O. The minimum absolute atomic E-state index is 0.000359. The van der Waals surface area contributed by atoms with Crippen molar-refractivity contribution >= 4 is 29.7 Å². The summed E-state index contributed by atoms with van der Waals surface area (Å²) >= 11 is 0. The summed E-state index contributed by atoms with van der Waals surface area (Å²) in [6.45, 7) is 0. The molecule has 0 amide bonds. The maximum Gasteiger partial charge on any atom is 0.350 e. The van der Waals surface area contributed by atoms with Crippen LogP contribution in [0.4, 0.5) is 0 Å². The molecule has 6 rings (SSSR count). The van der Waals surface area contributed by atoms with Gasteiger partial charge in [-0.15, -0.1) is 0 Å². The van der Waals surface area contributed by atoms with Gasteiger partial charge in [-0.1, -0.05) is 48.5 Å². The van der Waals surface area contributed by atoms with Crippen LogP contribution in [-0.4, -0.2) is 29.7 Å². The van der Waals surface area contributed by atoms with Crippen LogP contribution >= 0.6 is 0 Å². The van der Waals surface area contributed by atoms with Crippen molar-refractivity contribution < 1.29 is 42.9 Å². The topological polar surface area (TPSA) is 122 Å². The molecule has 184 valence electrons. The number of benzene rings is 4. The fraction of sp³-hybridized carbons (Fsp3) is 0. The minimum Gasteiger partial charge on any atom is -0.452 e. The number of hydrogen-bond acceptors (Lipinski definition) is 9. The third kappa shape index (κ3) is 3.70. The first-order valence-electron chi connectivity index (χ1n) is 11.3. The number of carbonyl (C=O) groups is 5. The standard InChI is InChI=1S/C29H14O9/c30-24(15-7-2-1-3-8-15)18-11-6-14-21(35-19-12-4-9-16-22(19)28(33)37-26(16)31)25(18)36-20-13-5-10-17-23(20)29(34)38-27(17)32/h1-14H. The van der Waals surface area contributed by atoms with Gasteiger partial charge in [0.05, 0.1) is 16.7 Å². The van der Waals surface area contributed by atoms with E-state index in [0.717, 1.165) is 0 Å². The molecule has 0 saturated carbocycles. The van der Waals surface area contributed by atoms with Gasteiger partial charge in [-0.25, -0.2) is 19.2 Å². The van der Waals surface area contributed by atoms with E-state index < -0.39 is 29.7 Å². The zero-order valence-electron chi connectivity index (χ0n) is 19.3. The molecule has 0 N–H and O–H groups in total. The highest BCUT2D eigenvalue weighted by atomic mass is 16.6. The molecular weight excluding hydrogens is 492 g/mol. The molecule has 0 aromatic heterocycles. The summed E-state index contributed by atoms with van der Waals surface area (Å²) in [5, 5.41) is 0. The highest BCUT2D eigenvalue weighted by Gasteiger charge is 2.35. The third-order valence-electron chi connectivity index (χ3n) is 5.96. The van der Waals surface area contributed by atoms with Gasteiger partial charge in [0.1, 0.15) is 22.6 Å². The molecule has 9 heteroatoms. The first-order chi connectivity index (χ1) is 18.4. The zero-order valence-corrected chi connectivity index (χ0v) is 19.3. The predicted octanol–water partition coefficient (Wildman–Crippen LogP) is 5.12. The average Bonchev–Trinajstić information content (AvgIpc) is 3.39. The van der Waals surface area contributed by atoms with Crippen molar-refractivity contribution in [2.75, 3.05) is 0 Å². The normalized spacial score (nSPS) is 13.5. The van der Waals surface area contributed by atoms with Crippen molar-refractivity contribution in [1.29, 1.82) is 0 Å². The van der Waals surface area contributed by atoms with E-state index in [2.05, 4.69) is 0 Å². The number of cyclic esters (lactones) is 4. The maximum atomic E-state index is 13.5. The maximum absolute atomic E-state index is 13.5. The van der Waals surface area contributed by atoms with Crippen LogP contribution in [0, 0.1) is 0 Å². The molecule has 2 aliphatic heterocycles. The molecule has 9 nitrogen and oxygen atoms in total. The lowest BCUT2D eigenvalue weighted by molar-refractivity contribution is 0.0424. The van der Waals surface area contributed by atoms with E-state index >= 15 is 0 Å². The second kappa shape index (κ2) is 8.82. The van der Waals surface area contributed by atoms with Gasteiger partial charge in [0.25, 0.3) is 0 Å². The van der Waals surface area contributed by atoms with E-state index in [1.807, 2.05) is 0 Å². The van der Waals surface area contributed by atoms with E-state index in [1.54, 1.807) is 36.4 Å². The molecule has 0 unspecified atom stereocenters. The second-order valence-electron chi connectivity index (χ2n) is 8.24. The number of rotatable bonds is 6. The Bertz CT molecular complexity index is 1700. The number of ketones is 1. The summed E-state index contributed by atoms with van der Waals surface area (Å²) in [5.74, 6) is -3.92. The van der Waals surface area contributed by atoms with Crippen molar-refractivity contribution in [3.63, 3.8) is 0 Å². The summed E-state index contributed by atoms with van der Waals surface area (Å²) < 4.78 is 21.5. The molecule has 0 fully saturated rings. The van der Waals surface area contributed by atoms with E-state index in [9.17, 15) is 24.0 Å². The van der Waals surface area contributed by atoms with Gasteiger partial charge in [0.15, 0.2) is 17.3 Å². The number of carbonyl (C=O) groups excluding carboxylic acids is 5. The predicted molar refractivity (Wildman–Crippen MR) is 129 cm³/mol. The highest BCUT2D eigenvalue weighted by molar-refractivity contribution is 6.17. The number of ether oxygens (including phenoxy) is 4. The van der Waals surface area contributed by atoms with Crippen molar-refractivity contribution in [3.8, 4) is 23.0 Å². The Hall–Kier alpha value is -5.57. The van der Waals surface area contributed by atoms with E-state index in [1.165, 1.54) is 48.5 Å². The van der Waals surface area contributed by atoms with Gasteiger partial charge in [-0.3, -0.25) is 4.79 Å². The van der Waals surface area contributed by atoms with Crippen molar-refractivity contribution in [3.05, 3.63) is 118 Å². The van der Waals surface area contributed by atoms with Gasteiger partial charge in [0.2, 0.25) is 0 Å². The zero-order chi connectivity index (χ0) is 26.4. The van der Waals surface area contributed by atoms with Crippen LogP contribution < -0.4 is 9.47 Å². The number of hydrogen-bond donors (Lipinski definition) is 0. The van der Waals surface area contributed by atoms with Crippen LogP contribution in [0.5, 0.6) is 23.0 Å².